The van der Waals surface area contributed by atoms with Crippen LogP contribution in [0.3, 0.4) is 0 Å². The number of nitrogens with zero attached hydrogens (tertiary/aromatic N) is 2. The second-order valence-corrected chi connectivity index (χ2v) is 2.27. The van der Waals surface area contributed by atoms with Gasteiger partial charge in [0.05, 0.1) is 0 Å². The lowest BCUT2D eigenvalue weighted by atomic mass is 10.2. The number of H-pyrrole nitrogens is 1. The van der Waals surface area contributed by atoms with Gasteiger partial charge >= 0.3 is 0 Å². The van der Waals surface area contributed by atoms with E-state index in [2.05, 4.69) is 15.4 Å². The van der Waals surface area contributed by atoms with Crippen molar-refractivity contribution < 1.29 is 0 Å². The average molecular weight is 223 g/mol. The summed E-state index contributed by atoms with van der Waals surface area (Å²) in [7, 11) is 0. The van der Waals surface area contributed by atoms with E-state index in [0.717, 1.165) is 16.6 Å². The molecule has 1 aromatic carbocycles. The molecule has 0 bridgehead atoms. The minimum atomic E-state index is 0.931. The van der Waals surface area contributed by atoms with Gasteiger partial charge in [-0.15, -0.1) is 0 Å². The Balaban J connectivity index is 0. The van der Waals surface area contributed by atoms with E-state index in [9.17, 15) is 0 Å². The van der Waals surface area contributed by atoms with E-state index in [1.165, 1.54) is 0 Å². The molecule has 3 nitrogen and oxygen atoms in total. The molecule has 92 valence electrons. The maximum atomic E-state index is 3.98. The largest absolute Gasteiger partial charge is 0.197 e. The fourth-order valence-corrected chi connectivity index (χ4v) is 1.01. The molecule has 3 heteroatoms. The summed E-state index contributed by atoms with van der Waals surface area (Å²) < 4.78 is 0. The number of aryl methyl sites for hydroxylation is 1. The molecule has 1 N–H and O–H groups in total. The van der Waals surface area contributed by atoms with Gasteiger partial charge in [-0.25, -0.2) is 0 Å². The van der Waals surface area contributed by atoms with Crippen LogP contribution in [0.1, 0.15) is 47.1 Å². The van der Waals surface area contributed by atoms with E-state index < -0.39 is 0 Å². The van der Waals surface area contributed by atoms with E-state index in [-0.39, 0.29) is 0 Å². The van der Waals surface area contributed by atoms with Crippen LogP contribution >= 0.6 is 0 Å². The first kappa shape index (κ1) is 17.0. The summed E-state index contributed by atoms with van der Waals surface area (Å²) >= 11 is 0. The smallest absolute Gasteiger partial charge is 0.115 e. The Hall–Kier alpha value is -1.38. The number of hydrogen-bond donors (Lipinski definition) is 1. The number of nitrogens with one attached hydrogen (secondary N) is 1. The molecule has 0 saturated heterocycles. The monoisotopic (exact) mass is 223 g/mol. The van der Waals surface area contributed by atoms with Crippen LogP contribution < -0.4 is 0 Å². The lowest BCUT2D eigenvalue weighted by molar-refractivity contribution is 0.958. The molecule has 2 aromatic rings. The Kier molecular flexibility index (Phi) is 12.4. The van der Waals surface area contributed by atoms with E-state index >= 15 is 0 Å². The third-order valence-electron chi connectivity index (χ3n) is 1.55. The normalized spacial score (nSPS) is 7.69. The SMILES string of the molecule is CC.CC.CC.Cc1cccc2n[nH]nc12. The van der Waals surface area contributed by atoms with Gasteiger partial charge in [0.2, 0.25) is 0 Å². The Morgan fingerprint density at radius 2 is 1.44 bits per heavy atom. The minimum absolute atomic E-state index is 0.931. The van der Waals surface area contributed by atoms with E-state index in [0.29, 0.717) is 0 Å². The summed E-state index contributed by atoms with van der Waals surface area (Å²) in [5.74, 6) is 0. The Morgan fingerprint density at radius 3 is 1.94 bits per heavy atom. The van der Waals surface area contributed by atoms with Gasteiger partial charge in [0.25, 0.3) is 0 Å². The van der Waals surface area contributed by atoms with Crippen LogP contribution in [0, 0.1) is 6.92 Å². The number of hydrogen-bond acceptors (Lipinski definition) is 2. The summed E-state index contributed by atoms with van der Waals surface area (Å²) in [5.41, 5.74) is 3.05. The van der Waals surface area contributed by atoms with Gasteiger partial charge in [-0.05, 0) is 18.6 Å². The van der Waals surface area contributed by atoms with Crippen LogP contribution in [0.25, 0.3) is 11.0 Å². The van der Waals surface area contributed by atoms with E-state index in [4.69, 9.17) is 0 Å². The van der Waals surface area contributed by atoms with Crippen molar-refractivity contribution in [2.45, 2.75) is 48.5 Å². The first-order valence-electron chi connectivity index (χ1n) is 6.14. The number of rotatable bonds is 0. The van der Waals surface area contributed by atoms with Crippen LogP contribution in [0.4, 0.5) is 0 Å². The Bertz CT molecular complexity index is 353. The van der Waals surface area contributed by atoms with Crippen molar-refractivity contribution in [1.29, 1.82) is 0 Å². The number of aromatic nitrogens is 3. The molecular formula is C13H25N3. The van der Waals surface area contributed by atoms with Crippen molar-refractivity contribution in [1.82, 2.24) is 15.4 Å². The molecule has 0 unspecified atom stereocenters. The Labute approximate surface area is 99.3 Å². The van der Waals surface area contributed by atoms with Crippen molar-refractivity contribution >= 4 is 11.0 Å². The average Bonchev–Trinajstić information content (AvgIpc) is 2.87. The molecule has 16 heavy (non-hydrogen) atoms. The number of para-hydroxylation sites is 1. The van der Waals surface area contributed by atoms with Crippen LogP contribution in [-0.2, 0) is 0 Å². The number of aromatic amines is 1. The highest BCUT2D eigenvalue weighted by Gasteiger charge is 1.97. The highest BCUT2D eigenvalue weighted by atomic mass is 15.3. The fraction of sp³-hybridized carbons (Fsp3) is 0.538. The standard InChI is InChI=1S/C7H7N3.3C2H6/c1-5-3-2-4-6-7(5)9-10-8-6;3*1-2/h2-4H,1H3,(H,8,9,10);3*1-2H3. The van der Waals surface area contributed by atoms with Gasteiger partial charge in [0.1, 0.15) is 11.0 Å². The van der Waals surface area contributed by atoms with Gasteiger partial charge < -0.3 is 0 Å². The molecule has 0 spiro atoms. The third kappa shape index (κ3) is 4.91. The van der Waals surface area contributed by atoms with Crippen LogP contribution in [0.5, 0.6) is 0 Å². The molecular weight excluding hydrogens is 198 g/mol. The maximum Gasteiger partial charge on any atom is 0.115 e. The zero-order chi connectivity index (χ0) is 13.0. The molecule has 0 saturated carbocycles. The summed E-state index contributed by atoms with van der Waals surface area (Å²) in [6.45, 7) is 14.0. The number of benzene rings is 1. The molecule has 0 atom stereocenters. The molecule has 2 rings (SSSR count). The van der Waals surface area contributed by atoms with Gasteiger partial charge in [-0.1, -0.05) is 53.7 Å². The predicted octanol–water partition coefficient (Wildman–Crippen LogP) is 4.34. The molecule has 0 fully saturated rings. The molecule has 0 amide bonds. The molecule has 0 aliphatic carbocycles. The summed E-state index contributed by atoms with van der Waals surface area (Å²) in [4.78, 5) is 0. The number of fused-ring (bicyclic) bond motifs is 1. The summed E-state index contributed by atoms with van der Waals surface area (Å²) in [6, 6.07) is 5.93. The lowest BCUT2D eigenvalue weighted by Gasteiger charge is -1.88. The van der Waals surface area contributed by atoms with Gasteiger partial charge in [-0.3, -0.25) is 0 Å². The quantitative estimate of drug-likeness (QED) is 0.721. The zero-order valence-corrected chi connectivity index (χ0v) is 11.6. The van der Waals surface area contributed by atoms with Crippen molar-refractivity contribution in [2.24, 2.45) is 0 Å². The second-order valence-electron chi connectivity index (χ2n) is 2.27. The minimum Gasteiger partial charge on any atom is -0.197 e. The predicted molar refractivity (Wildman–Crippen MR) is 72.7 cm³/mol. The Morgan fingerprint density at radius 1 is 0.875 bits per heavy atom. The lowest BCUT2D eigenvalue weighted by Crippen LogP contribution is -1.73. The van der Waals surface area contributed by atoms with Gasteiger partial charge in [-0.2, -0.15) is 15.4 Å². The van der Waals surface area contributed by atoms with E-state index in [1.807, 2.05) is 66.7 Å². The van der Waals surface area contributed by atoms with Crippen molar-refractivity contribution in [3.63, 3.8) is 0 Å². The zero-order valence-electron chi connectivity index (χ0n) is 11.6. The van der Waals surface area contributed by atoms with Crippen molar-refractivity contribution in [3.8, 4) is 0 Å². The molecule has 1 aromatic heterocycles. The maximum absolute atomic E-state index is 3.98. The topological polar surface area (TPSA) is 41.6 Å². The molecule has 1 heterocycles. The first-order chi connectivity index (χ1) is 7.88. The van der Waals surface area contributed by atoms with Crippen molar-refractivity contribution in [3.05, 3.63) is 23.8 Å². The van der Waals surface area contributed by atoms with Crippen LogP contribution in [0.15, 0.2) is 18.2 Å². The van der Waals surface area contributed by atoms with Crippen LogP contribution in [-0.4, -0.2) is 15.4 Å². The molecule has 0 aliphatic rings. The third-order valence-corrected chi connectivity index (χ3v) is 1.55. The van der Waals surface area contributed by atoms with E-state index in [1.54, 1.807) is 0 Å². The van der Waals surface area contributed by atoms with Crippen molar-refractivity contribution in [2.75, 3.05) is 0 Å². The fourth-order valence-electron chi connectivity index (χ4n) is 1.01. The molecule has 0 aliphatic heterocycles. The molecule has 0 radical (unpaired) electrons. The highest BCUT2D eigenvalue weighted by molar-refractivity contribution is 5.76. The second kappa shape index (κ2) is 11.7. The van der Waals surface area contributed by atoms with Gasteiger partial charge in [0, 0.05) is 0 Å². The first-order valence-corrected chi connectivity index (χ1v) is 6.14. The summed E-state index contributed by atoms with van der Waals surface area (Å²) in [6.07, 6.45) is 0. The van der Waals surface area contributed by atoms with Crippen LogP contribution in [0.2, 0.25) is 0 Å². The van der Waals surface area contributed by atoms with Gasteiger partial charge in [0.15, 0.2) is 0 Å². The highest BCUT2D eigenvalue weighted by Crippen LogP contribution is 2.10. The summed E-state index contributed by atoms with van der Waals surface area (Å²) in [5, 5.41) is 10.5.